The van der Waals surface area contributed by atoms with Crippen molar-refractivity contribution in [2.24, 2.45) is 5.14 Å². The van der Waals surface area contributed by atoms with Crippen LogP contribution in [0.15, 0.2) is 51.8 Å². The summed E-state index contributed by atoms with van der Waals surface area (Å²) in [5, 5.41) is 7.28. The molecule has 0 atom stereocenters. The van der Waals surface area contributed by atoms with E-state index in [1.54, 1.807) is 24.3 Å². The van der Waals surface area contributed by atoms with E-state index in [1.165, 1.54) is 0 Å². The largest absolute Gasteiger partial charge is 0.319 e. The number of primary sulfonamides is 1. The summed E-state index contributed by atoms with van der Waals surface area (Å²) in [4.78, 5) is 11.7. The van der Waals surface area contributed by atoms with Crippen LogP contribution in [0.4, 0.5) is 10.1 Å². The van der Waals surface area contributed by atoms with E-state index in [2.05, 4.69) is 21.2 Å². The molecule has 2 rings (SSSR count). The average molecular weight is 373 g/mol. The summed E-state index contributed by atoms with van der Waals surface area (Å²) in [5.74, 6) is -1.33. The highest BCUT2D eigenvalue weighted by Crippen LogP contribution is 2.20. The van der Waals surface area contributed by atoms with Crippen LogP contribution in [0.25, 0.3) is 0 Å². The molecule has 1 amide bonds. The zero-order valence-electron chi connectivity index (χ0n) is 10.5. The predicted octanol–water partition coefficient (Wildman–Crippen LogP) is 2.49. The van der Waals surface area contributed by atoms with E-state index in [9.17, 15) is 17.6 Å². The van der Waals surface area contributed by atoms with Crippen LogP contribution in [0.5, 0.6) is 0 Å². The van der Waals surface area contributed by atoms with Crippen LogP contribution in [0.2, 0.25) is 0 Å². The number of benzene rings is 2. The molecule has 5 nitrogen and oxygen atoms in total. The van der Waals surface area contributed by atoms with Gasteiger partial charge >= 0.3 is 0 Å². The van der Waals surface area contributed by atoms with Gasteiger partial charge in [0.25, 0.3) is 5.91 Å². The lowest BCUT2D eigenvalue weighted by Crippen LogP contribution is -2.16. The first-order chi connectivity index (χ1) is 9.77. The highest BCUT2D eigenvalue weighted by Gasteiger charge is 2.14. The topological polar surface area (TPSA) is 89.3 Å². The molecule has 3 N–H and O–H groups in total. The minimum absolute atomic E-state index is 0.258. The van der Waals surface area contributed by atoms with Crippen molar-refractivity contribution in [3.8, 4) is 0 Å². The van der Waals surface area contributed by atoms with E-state index in [1.807, 2.05) is 0 Å². The second-order valence-corrected chi connectivity index (χ2v) is 6.63. The fourth-order valence-corrected chi connectivity index (χ4v) is 2.54. The van der Waals surface area contributed by atoms with Crippen LogP contribution < -0.4 is 10.5 Å². The van der Waals surface area contributed by atoms with E-state index in [0.29, 0.717) is 10.0 Å². The number of sulfonamides is 1. The lowest BCUT2D eigenvalue weighted by Gasteiger charge is -2.08. The monoisotopic (exact) mass is 372 g/mol. The molecular formula is C13H10BrFN2O3S. The predicted molar refractivity (Wildman–Crippen MR) is 79.9 cm³/mol. The van der Waals surface area contributed by atoms with Crippen molar-refractivity contribution >= 4 is 37.5 Å². The van der Waals surface area contributed by atoms with Gasteiger partial charge in [0.15, 0.2) is 0 Å². The van der Waals surface area contributed by atoms with Gasteiger partial charge in [0.05, 0.1) is 10.6 Å². The molecule has 0 spiro atoms. The van der Waals surface area contributed by atoms with E-state index in [0.717, 1.165) is 18.2 Å². The van der Waals surface area contributed by atoms with Crippen LogP contribution in [0, 0.1) is 5.82 Å². The molecule has 21 heavy (non-hydrogen) atoms. The summed E-state index contributed by atoms with van der Waals surface area (Å²) >= 11 is 3.22. The smallest absolute Gasteiger partial charge is 0.255 e. The summed E-state index contributed by atoms with van der Waals surface area (Å²) in [5.41, 5.74) is 0.0382. The first-order valence-corrected chi connectivity index (χ1v) is 8.00. The van der Waals surface area contributed by atoms with Crippen molar-refractivity contribution in [2.45, 2.75) is 4.90 Å². The van der Waals surface area contributed by atoms with Gasteiger partial charge in [-0.15, -0.1) is 0 Å². The third-order valence-electron chi connectivity index (χ3n) is 2.60. The molecule has 0 saturated carbocycles. The van der Waals surface area contributed by atoms with Gasteiger partial charge in [0.1, 0.15) is 5.82 Å². The highest BCUT2D eigenvalue weighted by atomic mass is 79.9. The summed E-state index contributed by atoms with van der Waals surface area (Å²) in [6, 6.07) is 9.41. The number of hydrogen-bond acceptors (Lipinski definition) is 3. The summed E-state index contributed by atoms with van der Waals surface area (Å²) in [7, 11) is -3.97. The van der Waals surface area contributed by atoms with Gasteiger partial charge in [0, 0.05) is 10.0 Å². The number of carbonyl (C=O) groups excluding carboxylic acids is 1. The number of anilines is 1. The van der Waals surface area contributed by atoms with E-state index < -0.39 is 21.7 Å². The van der Waals surface area contributed by atoms with Crippen LogP contribution in [0.3, 0.4) is 0 Å². The van der Waals surface area contributed by atoms with Crippen molar-refractivity contribution in [3.05, 3.63) is 58.3 Å². The second-order valence-electron chi connectivity index (χ2n) is 4.15. The minimum Gasteiger partial charge on any atom is -0.319 e. The Bertz CT molecular complexity index is 809. The number of rotatable bonds is 3. The van der Waals surface area contributed by atoms with Gasteiger partial charge in [-0.2, -0.15) is 0 Å². The molecule has 8 heteroatoms. The fourth-order valence-electron chi connectivity index (χ4n) is 1.60. The Morgan fingerprint density at radius 2 is 1.90 bits per heavy atom. The Kier molecular flexibility index (Phi) is 4.40. The Morgan fingerprint density at radius 1 is 1.19 bits per heavy atom. The van der Waals surface area contributed by atoms with Gasteiger partial charge in [-0.05, 0) is 36.4 Å². The molecule has 0 aliphatic rings. The van der Waals surface area contributed by atoms with Crippen molar-refractivity contribution in [2.75, 3.05) is 5.32 Å². The maximum absolute atomic E-state index is 13.7. The number of amides is 1. The minimum atomic E-state index is -3.97. The lowest BCUT2D eigenvalue weighted by atomic mass is 10.2. The van der Waals surface area contributed by atoms with E-state index in [4.69, 9.17) is 5.14 Å². The molecular weight excluding hydrogens is 363 g/mol. The van der Waals surface area contributed by atoms with Crippen molar-refractivity contribution in [3.63, 3.8) is 0 Å². The molecule has 0 unspecified atom stereocenters. The highest BCUT2D eigenvalue weighted by molar-refractivity contribution is 9.10. The van der Waals surface area contributed by atoms with Gasteiger partial charge in [-0.1, -0.05) is 22.0 Å². The maximum atomic E-state index is 13.7. The summed E-state index contributed by atoms with van der Waals surface area (Å²) < 4.78 is 36.8. The molecule has 0 aliphatic heterocycles. The maximum Gasteiger partial charge on any atom is 0.255 e. The molecule has 0 saturated heterocycles. The Labute approximate surface area is 129 Å². The van der Waals surface area contributed by atoms with Crippen molar-refractivity contribution in [1.82, 2.24) is 0 Å². The third-order valence-corrected chi connectivity index (χ3v) is 4.01. The number of carbonyl (C=O) groups is 1. The zero-order chi connectivity index (χ0) is 15.6. The standard InChI is InChI=1S/C13H10BrFN2O3S/c14-9-3-1-2-8(6-9)13(18)17-12-7-10(21(16,19)20)4-5-11(12)15/h1-7H,(H,17,18)(H2,16,19,20). The molecule has 0 aromatic heterocycles. The van der Waals surface area contributed by atoms with E-state index in [-0.39, 0.29) is 10.6 Å². The van der Waals surface area contributed by atoms with Crippen LogP contribution in [-0.2, 0) is 10.0 Å². The molecule has 2 aromatic carbocycles. The lowest BCUT2D eigenvalue weighted by molar-refractivity contribution is 0.102. The summed E-state index contributed by atoms with van der Waals surface area (Å²) in [6.07, 6.45) is 0. The first-order valence-electron chi connectivity index (χ1n) is 5.66. The Hall–Kier alpha value is -1.77. The SMILES string of the molecule is NS(=O)(=O)c1ccc(F)c(NC(=O)c2cccc(Br)c2)c1. The molecule has 110 valence electrons. The van der Waals surface area contributed by atoms with Crippen molar-refractivity contribution in [1.29, 1.82) is 0 Å². The second kappa shape index (κ2) is 5.92. The third kappa shape index (κ3) is 3.87. The zero-order valence-corrected chi connectivity index (χ0v) is 12.9. The Balaban J connectivity index is 2.33. The Morgan fingerprint density at radius 3 is 2.52 bits per heavy atom. The normalized spacial score (nSPS) is 11.2. The molecule has 2 aromatic rings. The molecule has 0 fully saturated rings. The average Bonchev–Trinajstić information content (AvgIpc) is 2.40. The number of nitrogens with one attached hydrogen (secondary N) is 1. The van der Waals surface area contributed by atoms with E-state index >= 15 is 0 Å². The summed E-state index contributed by atoms with van der Waals surface area (Å²) in [6.45, 7) is 0. The molecule has 0 aliphatic carbocycles. The number of halogens is 2. The number of hydrogen-bond donors (Lipinski definition) is 2. The van der Waals surface area contributed by atoms with Crippen LogP contribution >= 0.6 is 15.9 Å². The van der Waals surface area contributed by atoms with Crippen molar-refractivity contribution < 1.29 is 17.6 Å². The first kappa shape index (κ1) is 15.6. The molecule has 0 radical (unpaired) electrons. The number of nitrogens with two attached hydrogens (primary N) is 1. The van der Waals surface area contributed by atoms with Gasteiger partial charge in [-0.25, -0.2) is 17.9 Å². The molecule has 0 bridgehead atoms. The van der Waals surface area contributed by atoms with Crippen LogP contribution in [0.1, 0.15) is 10.4 Å². The van der Waals surface area contributed by atoms with Gasteiger partial charge in [0.2, 0.25) is 10.0 Å². The van der Waals surface area contributed by atoms with Crippen LogP contribution in [-0.4, -0.2) is 14.3 Å². The quantitative estimate of drug-likeness (QED) is 0.866. The van der Waals surface area contributed by atoms with Gasteiger partial charge in [-0.3, -0.25) is 4.79 Å². The van der Waals surface area contributed by atoms with Gasteiger partial charge < -0.3 is 5.32 Å². The molecule has 0 heterocycles. The fraction of sp³-hybridized carbons (Fsp3) is 0.